The topological polar surface area (TPSA) is 17.1 Å². The van der Waals surface area contributed by atoms with Crippen molar-refractivity contribution < 1.29 is 4.79 Å². The Morgan fingerprint density at radius 1 is 1.50 bits per heavy atom. The molecule has 0 unspecified atom stereocenters. The van der Waals surface area contributed by atoms with E-state index in [0.29, 0.717) is 5.78 Å². The highest BCUT2D eigenvalue weighted by Gasteiger charge is 2.34. The number of ketones is 1. The van der Waals surface area contributed by atoms with Gasteiger partial charge in [0.25, 0.3) is 0 Å². The molecule has 0 fully saturated rings. The smallest absolute Gasteiger partial charge is 0.169 e. The predicted octanol–water partition coefficient (Wildman–Crippen LogP) is 2.90. The molecule has 1 aliphatic rings. The average molecular weight is 180 g/mol. The molecule has 0 bridgehead atoms. The number of Topliss-reactive ketones (excluding diaryl/α,β-unsaturated/α-hetero) is 1. The van der Waals surface area contributed by atoms with Gasteiger partial charge in [-0.25, -0.2) is 0 Å². The summed E-state index contributed by atoms with van der Waals surface area (Å²) in [4.78, 5) is 13.1. The molecule has 64 valence electrons. The van der Waals surface area contributed by atoms with Crippen molar-refractivity contribution in [2.75, 3.05) is 0 Å². The van der Waals surface area contributed by atoms with Crippen LogP contribution in [0.1, 0.15) is 35.5 Å². The maximum atomic E-state index is 11.8. The quantitative estimate of drug-likeness (QED) is 0.600. The first-order valence-electron chi connectivity index (χ1n) is 4.22. The molecule has 2 rings (SSSR count). The SMILES string of the molecule is CC1(C)CCc2sccc2C1=O. The average Bonchev–Trinajstić information content (AvgIpc) is 2.45. The Hall–Kier alpha value is -0.630. The zero-order valence-corrected chi connectivity index (χ0v) is 8.20. The summed E-state index contributed by atoms with van der Waals surface area (Å²) < 4.78 is 0. The second-order valence-electron chi connectivity index (χ2n) is 3.97. The largest absolute Gasteiger partial charge is 0.294 e. The second-order valence-corrected chi connectivity index (χ2v) is 4.97. The van der Waals surface area contributed by atoms with Gasteiger partial charge in [0, 0.05) is 15.9 Å². The zero-order valence-electron chi connectivity index (χ0n) is 7.39. The van der Waals surface area contributed by atoms with Crippen LogP contribution in [-0.4, -0.2) is 5.78 Å². The van der Waals surface area contributed by atoms with Gasteiger partial charge in [-0.1, -0.05) is 13.8 Å². The van der Waals surface area contributed by atoms with Gasteiger partial charge in [-0.15, -0.1) is 11.3 Å². The van der Waals surface area contributed by atoms with Crippen LogP contribution >= 0.6 is 11.3 Å². The third-order valence-electron chi connectivity index (χ3n) is 2.58. The van der Waals surface area contributed by atoms with Gasteiger partial charge in [0.1, 0.15) is 0 Å². The van der Waals surface area contributed by atoms with Crippen molar-refractivity contribution in [1.82, 2.24) is 0 Å². The number of thiophene rings is 1. The Labute approximate surface area is 76.4 Å². The number of rotatable bonds is 0. The molecule has 0 aromatic carbocycles. The van der Waals surface area contributed by atoms with Crippen LogP contribution in [0, 0.1) is 5.41 Å². The monoisotopic (exact) mass is 180 g/mol. The molecule has 0 saturated heterocycles. The predicted molar refractivity (Wildman–Crippen MR) is 50.8 cm³/mol. The Balaban J connectivity index is 2.49. The van der Waals surface area contributed by atoms with Crippen LogP contribution in [0.2, 0.25) is 0 Å². The molecule has 0 N–H and O–H groups in total. The van der Waals surface area contributed by atoms with Crippen molar-refractivity contribution in [3.63, 3.8) is 0 Å². The summed E-state index contributed by atoms with van der Waals surface area (Å²) in [6, 6.07) is 1.96. The number of aryl methyl sites for hydroxylation is 1. The van der Waals surface area contributed by atoms with Crippen LogP contribution < -0.4 is 0 Å². The Kier molecular flexibility index (Phi) is 1.62. The van der Waals surface area contributed by atoms with Gasteiger partial charge in [-0.05, 0) is 24.3 Å². The molecule has 1 aliphatic carbocycles. The summed E-state index contributed by atoms with van der Waals surface area (Å²) in [7, 11) is 0. The highest BCUT2D eigenvalue weighted by Crippen LogP contribution is 2.36. The minimum absolute atomic E-state index is 0.131. The van der Waals surface area contributed by atoms with Crippen molar-refractivity contribution >= 4 is 17.1 Å². The van der Waals surface area contributed by atoms with E-state index in [1.54, 1.807) is 11.3 Å². The molecule has 0 radical (unpaired) electrons. The number of hydrogen-bond acceptors (Lipinski definition) is 2. The first-order chi connectivity index (χ1) is 5.61. The lowest BCUT2D eigenvalue weighted by Gasteiger charge is -2.27. The molecule has 1 aromatic rings. The van der Waals surface area contributed by atoms with Crippen LogP contribution in [0.5, 0.6) is 0 Å². The van der Waals surface area contributed by atoms with Crippen molar-refractivity contribution in [2.24, 2.45) is 5.41 Å². The summed E-state index contributed by atoms with van der Waals surface area (Å²) in [5.41, 5.74) is 0.838. The molecular formula is C10H12OS. The van der Waals surface area contributed by atoms with Crippen LogP contribution in [0.4, 0.5) is 0 Å². The van der Waals surface area contributed by atoms with Gasteiger partial charge in [0.15, 0.2) is 5.78 Å². The Bertz CT molecular complexity index is 322. The van der Waals surface area contributed by atoms with E-state index in [4.69, 9.17) is 0 Å². The number of fused-ring (bicyclic) bond motifs is 1. The molecule has 1 aromatic heterocycles. The molecule has 12 heavy (non-hydrogen) atoms. The van der Waals surface area contributed by atoms with Crippen molar-refractivity contribution in [1.29, 1.82) is 0 Å². The highest BCUT2D eigenvalue weighted by molar-refractivity contribution is 7.10. The van der Waals surface area contributed by atoms with Crippen molar-refractivity contribution in [3.05, 3.63) is 21.9 Å². The molecule has 0 amide bonds. The number of hydrogen-bond donors (Lipinski definition) is 0. The molecule has 0 saturated carbocycles. The fourth-order valence-corrected chi connectivity index (χ4v) is 2.52. The maximum Gasteiger partial charge on any atom is 0.169 e. The summed E-state index contributed by atoms with van der Waals surface area (Å²) >= 11 is 1.71. The fourth-order valence-electron chi connectivity index (χ4n) is 1.64. The minimum atomic E-state index is -0.131. The molecule has 0 aliphatic heterocycles. The van der Waals surface area contributed by atoms with Crippen molar-refractivity contribution in [3.8, 4) is 0 Å². The highest BCUT2D eigenvalue weighted by atomic mass is 32.1. The lowest BCUT2D eigenvalue weighted by Crippen LogP contribution is -2.29. The first kappa shape index (κ1) is 7.99. The first-order valence-corrected chi connectivity index (χ1v) is 5.10. The molecule has 2 heteroatoms. The van der Waals surface area contributed by atoms with Gasteiger partial charge in [-0.3, -0.25) is 4.79 Å². The van der Waals surface area contributed by atoms with Crippen LogP contribution in [0.3, 0.4) is 0 Å². The van der Waals surface area contributed by atoms with E-state index >= 15 is 0 Å². The van der Waals surface area contributed by atoms with E-state index in [2.05, 4.69) is 0 Å². The van der Waals surface area contributed by atoms with Gasteiger partial charge >= 0.3 is 0 Å². The summed E-state index contributed by atoms with van der Waals surface area (Å²) in [6.07, 6.45) is 2.07. The van der Waals surface area contributed by atoms with Gasteiger partial charge in [-0.2, -0.15) is 0 Å². The summed E-state index contributed by atoms with van der Waals surface area (Å²) in [6.45, 7) is 4.08. The number of carbonyl (C=O) groups excluding carboxylic acids is 1. The van der Waals surface area contributed by atoms with Crippen LogP contribution in [0.15, 0.2) is 11.4 Å². The lowest BCUT2D eigenvalue weighted by atomic mass is 9.76. The van der Waals surface area contributed by atoms with Gasteiger partial charge < -0.3 is 0 Å². The lowest BCUT2D eigenvalue weighted by molar-refractivity contribution is 0.0813. The third kappa shape index (κ3) is 1.02. The Morgan fingerprint density at radius 3 is 3.00 bits per heavy atom. The minimum Gasteiger partial charge on any atom is -0.294 e. The van der Waals surface area contributed by atoms with E-state index in [-0.39, 0.29) is 5.41 Å². The van der Waals surface area contributed by atoms with Crippen LogP contribution in [0.25, 0.3) is 0 Å². The fraction of sp³-hybridized carbons (Fsp3) is 0.500. The standard InChI is InChI=1S/C10H12OS/c1-10(2)5-3-8-7(9(10)11)4-6-12-8/h4,6H,3,5H2,1-2H3. The van der Waals surface area contributed by atoms with E-state index in [0.717, 1.165) is 18.4 Å². The maximum absolute atomic E-state index is 11.8. The molecule has 0 spiro atoms. The van der Waals surface area contributed by atoms with E-state index in [9.17, 15) is 4.79 Å². The second kappa shape index (κ2) is 2.43. The Morgan fingerprint density at radius 2 is 2.25 bits per heavy atom. The van der Waals surface area contributed by atoms with Crippen LogP contribution in [-0.2, 0) is 6.42 Å². The molecule has 0 atom stereocenters. The van der Waals surface area contributed by atoms with E-state index in [1.807, 2.05) is 25.3 Å². The zero-order chi connectivity index (χ0) is 8.77. The third-order valence-corrected chi connectivity index (χ3v) is 3.56. The van der Waals surface area contributed by atoms with E-state index in [1.165, 1.54) is 4.88 Å². The normalized spacial score (nSPS) is 20.7. The summed E-state index contributed by atoms with van der Waals surface area (Å²) in [5.74, 6) is 0.324. The summed E-state index contributed by atoms with van der Waals surface area (Å²) in [5, 5.41) is 2.02. The van der Waals surface area contributed by atoms with Gasteiger partial charge in [0.05, 0.1) is 0 Å². The molecular weight excluding hydrogens is 168 g/mol. The molecule has 1 heterocycles. The van der Waals surface area contributed by atoms with Crippen molar-refractivity contribution in [2.45, 2.75) is 26.7 Å². The van der Waals surface area contributed by atoms with E-state index < -0.39 is 0 Å². The molecule has 1 nitrogen and oxygen atoms in total. The van der Waals surface area contributed by atoms with Gasteiger partial charge in [0.2, 0.25) is 0 Å². The number of carbonyl (C=O) groups is 1.